The lowest BCUT2D eigenvalue weighted by Crippen LogP contribution is -1.99. The fourth-order valence-corrected chi connectivity index (χ4v) is 1.63. The Morgan fingerprint density at radius 3 is 2.89 bits per heavy atom. The molecular weight excluding hydrogens is 248 g/mol. The second kappa shape index (κ2) is 7.45. The first kappa shape index (κ1) is 14.2. The Morgan fingerprint density at radius 2 is 2.22 bits per heavy atom. The summed E-state index contributed by atoms with van der Waals surface area (Å²) in [6.07, 6.45) is 6.32. The van der Waals surface area contributed by atoms with Crippen LogP contribution >= 0.6 is 11.9 Å². The molecule has 0 amide bonds. The molecule has 1 aromatic rings. The van der Waals surface area contributed by atoms with Crippen LogP contribution in [0.5, 0.6) is 0 Å². The number of carbonyl (C=O) groups is 1. The van der Waals surface area contributed by atoms with Crippen molar-refractivity contribution >= 4 is 29.2 Å². The van der Waals surface area contributed by atoms with E-state index in [1.54, 1.807) is 18.3 Å². The van der Waals surface area contributed by atoms with E-state index in [1.807, 2.05) is 19.1 Å². The quantitative estimate of drug-likeness (QED) is 0.485. The van der Waals surface area contributed by atoms with Crippen LogP contribution in [0, 0.1) is 5.41 Å². The molecule has 0 bridgehead atoms. The lowest BCUT2D eigenvalue weighted by molar-refractivity contribution is 0.0697. The molecule has 94 valence electrons. The van der Waals surface area contributed by atoms with Gasteiger partial charge in [-0.2, -0.15) is 0 Å². The summed E-state index contributed by atoms with van der Waals surface area (Å²) < 4.78 is 3.99. The van der Waals surface area contributed by atoms with Crippen molar-refractivity contribution in [1.29, 1.82) is 5.41 Å². The summed E-state index contributed by atoms with van der Waals surface area (Å²) in [5, 5.41) is 16.8. The van der Waals surface area contributed by atoms with Gasteiger partial charge in [0.2, 0.25) is 0 Å². The summed E-state index contributed by atoms with van der Waals surface area (Å²) in [4.78, 5) is 10.8. The summed E-state index contributed by atoms with van der Waals surface area (Å²) in [5.41, 5.74) is 0.726. The van der Waals surface area contributed by atoms with Gasteiger partial charge >= 0.3 is 5.97 Å². The number of rotatable bonds is 5. The van der Waals surface area contributed by atoms with Gasteiger partial charge in [0.05, 0.1) is 5.56 Å². The number of nitrogens with one attached hydrogen (secondary N) is 1. The van der Waals surface area contributed by atoms with Gasteiger partial charge < -0.3 is 5.11 Å². The highest BCUT2D eigenvalue weighted by atomic mass is 32.2. The summed E-state index contributed by atoms with van der Waals surface area (Å²) in [5.74, 6) is -0.996. The molecule has 0 atom stereocenters. The Labute approximate surface area is 110 Å². The van der Waals surface area contributed by atoms with E-state index >= 15 is 0 Å². The van der Waals surface area contributed by atoms with Gasteiger partial charge in [-0.15, -0.1) is 0 Å². The zero-order valence-electron chi connectivity index (χ0n) is 9.96. The maximum Gasteiger partial charge on any atom is 0.335 e. The van der Waals surface area contributed by atoms with Crippen LogP contribution in [0.3, 0.4) is 0 Å². The minimum atomic E-state index is -0.996. The Kier molecular flexibility index (Phi) is 5.87. The minimum Gasteiger partial charge on any atom is -0.478 e. The fraction of sp³-hybridized carbons (Fsp3) is 0.154. The molecule has 0 saturated carbocycles. The molecule has 1 aromatic carbocycles. The van der Waals surface area contributed by atoms with E-state index < -0.39 is 5.97 Å². The highest BCUT2D eigenvalue weighted by Crippen LogP contribution is 2.14. The zero-order valence-corrected chi connectivity index (χ0v) is 10.8. The van der Waals surface area contributed by atoms with Crippen molar-refractivity contribution in [3.05, 3.63) is 47.5 Å². The molecule has 0 unspecified atom stereocenters. The summed E-state index contributed by atoms with van der Waals surface area (Å²) in [6.45, 7) is 2.02. The molecule has 0 aliphatic rings. The summed E-state index contributed by atoms with van der Waals surface area (Å²) >= 11 is 1.01. The minimum absolute atomic E-state index is 0.174. The number of aromatic carboxylic acids is 1. The molecule has 0 saturated heterocycles. The number of nitrogens with zero attached hydrogens (tertiary/aromatic N) is 1. The average molecular weight is 262 g/mol. The van der Waals surface area contributed by atoms with E-state index in [2.05, 4.69) is 4.40 Å². The van der Waals surface area contributed by atoms with Crippen molar-refractivity contribution < 1.29 is 9.90 Å². The normalized spacial score (nSPS) is 11.2. The van der Waals surface area contributed by atoms with Crippen molar-refractivity contribution in [2.45, 2.75) is 13.3 Å². The monoisotopic (exact) mass is 262 g/mol. The van der Waals surface area contributed by atoms with E-state index in [9.17, 15) is 4.79 Å². The van der Waals surface area contributed by atoms with E-state index in [0.717, 1.165) is 18.4 Å². The van der Waals surface area contributed by atoms with Crippen LogP contribution in [0.4, 0.5) is 0 Å². The molecule has 1 rings (SSSR count). The van der Waals surface area contributed by atoms with E-state index in [-0.39, 0.29) is 10.6 Å². The van der Waals surface area contributed by atoms with Crippen molar-refractivity contribution in [3.8, 4) is 0 Å². The van der Waals surface area contributed by atoms with Crippen LogP contribution in [-0.4, -0.2) is 22.3 Å². The molecule has 2 N–H and O–H groups in total. The first-order valence-electron chi connectivity index (χ1n) is 5.43. The molecule has 0 aromatic heterocycles. The highest BCUT2D eigenvalue weighted by molar-refractivity contribution is 8.13. The van der Waals surface area contributed by atoms with Crippen molar-refractivity contribution in [2.24, 2.45) is 4.40 Å². The van der Waals surface area contributed by atoms with Crippen molar-refractivity contribution in [2.75, 3.05) is 0 Å². The first-order chi connectivity index (χ1) is 8.65. The van der Waals surface area contributed by atoms with Gasteiger partial charge in [0, 0.05) is 23.7 Å². The second-order valence-corrected chi connectivity index (χ2v) is 4.20. The number of carboxylic acid groups (broad SMARTS) is 1. The van der Waals surface area contributed by atoms with Crippen molar-refractivity contribution in [3.63, 3.8) is 0 Å². The van der Waals surface area contributed by atoms with Crippen LogP contribution in [0.15, 0.2) is 40.8 Å². The lowest BCUT2D eigenvalue weighted by atomic mass is 10.1. The van der Waals surface area contributed by atoms with Crippen LogP contribution in [-0.2, 0) is 0 Å². The standard InChI is InChI=1S/C13H14N2O2S/c1-2-3-4-8-15-18-12(14)10-6-5-7-11(9-10)13(16)17/h3-9,14H,2H2,1H3,(H,16,17)/b4-3+,14-12?,15-8+. The third-order valence-electron chi connectivity index (χ3n) is 2.03. The molecule has 4 nitrogen and oxygen atoms in total. The predicted octanol–water partition coefficient (Wildman–Crippen LogP) is 3.40. The highest BCUT2D eigenvalue weighted by Gasteiger charge is 2.06. The third-order valence-corrected chi connectivity index (χ3v) is 2.68. The lowest BCUT2D eigenvalue weighted by Gasteiger charge is -2.00. The number of hydrogen-bond donors (Lipinski definition) is 2. The van der Waals surface area contributed by atoms with Crippen LogP contribution in [0.25, 0.3) is 0 Å². The summed E-state index contributed by atoms with van der Waals surface area (Å²) in [7, 11) is 0. The Morgan fingerprint density at radius 1 is 1.50 bits per heavy atom. The van der Waals surface area contributed by atoms with Crippen LogP contribution in [0.2, 0.25) is 0 Å². The van der Waals surface area contributed by atoms with Gasteiger partial charge in [0.1, 0.15) is 5.04 Å². The molecule has 0 aliphatic heterocycles. The molecular formula is C13H14N2O2S. The first-order valence-corrected chi connectivity index (χ1v) is 6.20. The maximum atomic E-state index is 10.8. The molecule has 0 radical (unpaired) electrons. The molecule has 0 heterocycles. The topological polar surface area (TPSA) is 73.5 Å². The number of carboxylic acids is 1. The molecule has 5 heteroatoms. The molecule has 0 aliphatic carbocycles. The van der Waals surface area contributed by atoms with E-state index in [4.69, 9.17) is 10.5 Å². The average Bonchev–Trinajstić information content (AvgIpc) is 2.38. The molecule has 18 heavy (non-hydrogen) atoms. The third kappa shape index (κ3) is 4.55. The van der Waals surface area contributed by atoms with Gasteiger partial charge in [-0.05, 0) is 24.6 Å². The predicted molar refractivity (Wildman–Crippen MR) is 75.7 cm³/mol. The Balaban J connectivity index is 2.67. The Bertz CT molecular complexity index is 496. The molecule has 0 fully saturated rings. The SMILES string of the molecule is CC/C=C/C=N/SC(=N)c1cccc(C(=O)O)c1. The van der Waals surface area contributed by atoms with Gasteiger partial charge in [-0.1, -0.05) is 25.1 Å². The largest absolute Gasteiger partial charge is 0.478 e. The molecule has 0 spiro atoms. The Hall–Kier alpha value is -1.88. The smallest absolute Gasteiger partial charge is 0.335 e. The van der Waals surface area contributed by atoms with E-state index in [1.165, 1.54) is 12.1 Å². The van der Waals surface area contributed by atoms with Gasteiger partial charge in [0.25, 0.3) is 0 Å². The van der Waals surface area contributed by atoms with E-state index in [0.29, 0.717) is 5.56 Å². The van der Waals surface area contributed by atoms with Gasteiger partial charge in [-0.25, -0.2) is 9.19 Å². The summed E-state index contributed by atoms with van der Waals surface area (Å²) in [6, 6.07) is 6.28. The number of hydrogen-bond acceptors (Lipinski definition) is 4. The second-order valence-electron chi connectivity index (χ2n) is 3.40. The number of allylic oxidation sites excluding steroid dienone is 2. The van der Waals surface area contributed by atoms with Crippen LogP contribution < -0.4 is 0 Å². The fourth-order valence-electron chi connectivity index (χ4n) is 1.16. The maximum absolute atomic E-state index is 10.8. The number of benzene rings is 1. The van der Waals surface area contributed by atoms with Gasteiger partial charge in [-0.3, -0.25) is 5.41 Å². The van der Waals surface area contributed by atoms with Crippen molar-refractivity contribution in [1.82, 2.24) is 0 Å². The zero-order chi connectivity index (χ0) is 13.4. The van der Waals surface area contributed by atoms with Gasteiger partial charge in [0.15, 0.2) is 0 Å². The van der Waals surface area contributed by atoms with Crippen LogP contribution in [0.1, 0.15) is 29.3 Å².